The minimum atomic E-state index is 0.603. The zero-order valence-corrected chi connectivity index (χ0v) is 11.5. The van der Waals surface area contributed by atoms with Gasteiger partial charge in [0.1, 0.15) is 5.69 Å². The molecule has 0 saturated heterocycles. The van der Waals surface area contributed by atoms with E-state index in [2.05, 4.69) is 15.3 Å². The third-order valence-electron chi connectivity index (χ3n) is 2.49. The van der Waals surface area contributed by atoms with E-state index < -0.39 is 0 Å². The number of hydrogen-bond donors (Lipinski definition) is 1. The maximum absolute atomic E-state index is 5.29. The summed E-state index contributed by atoms with van der Waals surface area (Å²) in [5.41, 5.74) is 3.77. The van der Waals surface area contributed by atoms with Crippen molar-refractivity contribution in [3.63, 3.8) is 0 Å². The molecule has 0 aliphatic heterocycles. The van der Waals surface area contributed by atoms with Crippen molar-refractivity contribution in [3.8, 4) is 5.88 Å². The molecule has 0 radical (unpaired) electrons. The number of pyridine rings is 1. The standard InChI is InChI=1S/C12H16N4OS/c1-16(2)10-4-5-14-12(17-3)11(10)15-7-9-6-13-8-18-9/h4-6,8,15H,7H2,1-3H3. The molecule has 0 aliphatic rings. The molecule has 0 aliphatic carbocycles. The number of nitrogens with zero attached hydrogens (tertiary/aromatic N) is 3. The predicted octanol–water partition coefficient (Wildman–Crippen LogP) is 2.22. The summed E-state index contributed by atoms with van der Waals surface area (Å²) in [7, 11) is 5.61. The minimum absolute atomic E-state index is 0.603. The maximum atomic E-state index is 5.29. The van der Waals surface area contributed by atoms with Gasteiger partial charge in [0.2, 0.25) is 5.88 Å². The Labute approximate surface area is 110 Å². The van der Waals surface area contributed by atoms with Crippen LogP contribution >= 0.6 is 11.3 Å². The Morgan fingerprint density at radius 3 is 2.89 bits per heavy atom. The molecule has 2 aromatic rings. The highest BCUT2D eigenvalue weighted by Gasteiger charge is 2.11. The highest BCUT2D eigenvalue weighted by atomic mass is 32.1. The van der Waals surface area contributed by atoms with Gasteiger partial charge < -0.3 is 15.0 Å². The monoisotopic (exact) mass is 264 g/mol. The molecule has 0 aromatic carbocycles. The summed E-state index contributed by atoms with van der Waals surface area (Å²) in [5.74, 6) is 0.603. The number of thiazole rings is 1. The maximum Gasteiger partial charge on any atom is 0.239 e. The lowest BCUT2D eigenvalue weighted by Crippen LogP contribution is -2.13. The molecule has 96 valence electrons. The average Bonchev–Trinajstić information content (AvgIpc) is 2.88. The third kappa shape index (κ3) is 2.70. The summed E-state index contributed by atoms with van der Waals surface area (Å²) in [6.45, 7) is 0.716. The normalized spacial score (nSPS) is 10.2. The highest BCUT2D eigenvalue weighted by Crippen LogP contribution is 2.32. The Kier molecular flexibility index (Phi) is 3.99. The van der Waals surface area contributed by atoms with Crippen LogP contribution in [0.4, 0.5) is 11.4 Å². The van der Waals surface area contributed by atoms with Crippen LogP contribution in [0.3, 0.4) is 0 Å². The van der Waals surface area contributed by atoms with E-state index in [1.165, 1.54) is 4.88 Å². The van der Waals surface area contributed by atoms with Gasteiger partial charge in [0.15, 0.2) is 0 Å². The number of aromatic nitrogens is 2. The molecule has 0 bridgehead atoms. The summed E-state index contributed by atoms with van der Waals surface area (Å²) < 4.78 is 5.29. The largest absolute Gasteiger partial charge is 0.479 e. The Morgan fingerprint density at radius 1 is 1.44 bits per heavy atom. The first-order chi connectivity index (χ1) is 8.72. The lowest BCUT2D eigenvalue weighted by molar-refractivity contribution is 0.400. The van der Waals surface area contributed by atoms with Crippen molar-refractivity contribution >= 4 is 22.7 Å². The van der Waals surface area contributed by atoms with Crippen molar-refractivity contribution in [2.45, 2.75) is 6.54 Å². The van der Waals surface area contributed by atoms with E-state index in [1.807, 2.05) is 36.8 Å². The van der Waals surface area contributed by atoms with Crippen LogP contribution < -0.4 is 15.0 Å². The molecule has 0 spiro atoms. The summed E-state index contributed by atoms with van der Waals surface area (Å²) in [6, 6.07) is 1.96. The van der Waals surface area contributed by atoms with Gasteiger partial charge in [0.05, 0.1) is 24.9 Å². The fourth-order valence-corrected chi connectivity index (χ4v) is 2.17. The Bertz CT molecular complexity index is 499. The molecular formula is C12H16N4OS. The van der Waals surface area contributed by atoms with E-state index in [9.17, 15) is 0 Å². The van der Waals surface area contributed by atoms with Crippen LogP contribution in [-0.4, -0.2) is 31.2 Å². The lowest BCUT2D eigenvalue weighted by Gasteiger charge is -2.19. The Morgan fingerprint density at radius 2 is 2.28 bits per heavy atom. The summed E-state index contributed by atoms with van der Waals surface area (Å²) >= 11 is 1.62. The fourth-order valence-electron chi connectivity index (χ4n) is 1.63. The third-order valence-corrected chi connectivity index (χ3v) is 3.27. The first-order valence-corrected chi connectivity index (χ1v) is 6.42. The van der Waals surface area contributed by atoms with Gasteiger partial charge in [-0.3, -0.25) is 4.98 Å². The van der Waals surface area contributed by atoms with Gasteiger partial charge in [0.25, 0.3) is 0 Å². The fraction of sp³-hybridized carbons (Fsp3) is 0.333. The molecule has 0 amide bonds. The van der Waals surface area contributed by atoms with E-state index in [4.69, 9.17) is 4.74 Å². The molecule has 0 unspecified atom stereocenters. The number of nitrogens with one attached hydrogen (secondary N) is 1. The van der Waals surface area contributed by atoms with Crippen molar-refractivity contribution in [2.24, 2.45) is 0 Å². The van der Waals surface area contributed by atoms with Crippen LogP contribution in [0.15, 0.2) is 24.0 Å². The second-order valence-corrected chi connectivity index (χ2v) is 4.90. The van der Waals surface area contributed by atoms with Gasteiger partial charge in [0, 0.05) is 31.4 Å². The topological polar surface area (TPSA) is 50.3 Å². The zero-order valence-electron chi connectivity index (χ0n) is 10.7. The molecule has 0 atom stereocenters. The van der Waals surface area contributed by atoms with Crippen LogP contribution in [0.1, 0.15) is 4.88 Å². The van der Waals surface area contributed by atoms with Gasteiger partial charge in [-0.15, -0.1) is 11.3 Å². The van der Waals surface area contributed by atoms with E-state index >= 15 is 0 Å². The number of methoxy groups -OCH3 is 1. The van der Waals surface area contributed by atoms with Crippen molar-refractivity contribution in [1.82, 2.24) is 9.97 Å². The van der Waals surface area contributed by atoms with Crippen LogP contribution in [0, 0.1) is 0 Å². The second-order valence-electron chi connectivity index (χ2n) is 3.93. The molecule has 6 heteroatoms. The SMILES string of the molecule is COc1nccc(N(C)C)c1NCc1cncs1. The number of ether oxygens (including phenoxy) is 1. The first kappa shape index (κ1) is 12.6. The van der Waals surface area contributed by atoms with Crippen LogP contribution in [-0.2, 0) is 6.54 Å². The Balaban J connectivity index is 2.23. The smallest absolute Gasteiger partial charge is 0.239 e. The van der Waals surface area contributed by atoms with E-state index in [1.54, 1.807) is 24.6 Å². The van der Waals surface area contributed by atoms with Crippen molar-refractivity contribution < 1.29 is 4.74 Å². The van der Waals surface area contributed by atoms with E-state index in [-0.39, 0.29) is 0 Å². The Hall–Kier alpha value is -1.82. The molecule has 18 heavy (non-hydrogen) atoms. The number of rotatable bonds is 5. The van der Waals surface area contributed by atoms with Crippen molar-refractivity contribution in [1.29, 1.82) is 0 Å². The molecule has 0 fully saturated rings. The molecule has 2 rings (SSSR count). The quantitative estimate of drug-likeness (QED) is 0.897. The zero-order chi connectivity index (χ0) is 13.0. The van der Waals surface area contributed by atoms with Crippen molar-refractivity contribution in [3.05, 3.63) is 28.8 Å². The van der Waals surface area contributed by atoms with Gasteiger partial charge in [-0.2, -0.15) is 0 Å². The lowest BCUT2D eigenvalue weighted by atomic mass is 10.3. The van der Waals surface area contributed by atoms with E-state index in [0.29, 0.717) is 12.4 Å². The number of anilines is 2. The van der Waals surface area contributed by atoms with Gasteiger partial charge in [-0.05, 0) is 6.07 Å². The van der Waals surface area contributed by atoms with Gasteiger partial charge >= 0.3 is 0 Å². The first-order valence-electron chi connectivity index (χ1n) is 5.54. The summed E-state index contributed by atoms with van der Waals surface area (Å²) in [4.78, 5) is 11.5. The summed E-state index contributed by atoms with van der Waals surface area (Å²) in [6.07, 6.45) is 3.60. The average molecular weight is 264 g/mol. The molecule has 0 saturated carbocycles. The van der Waals surface area contributed by atoms with Crippen LogP contribution in [0.5, 0.6) is 5.88 Å². The number of hydrogen-bond acceptors (Lipinski definition) is 6. The molecule has 2 aromatic heterocycles. The van der Waals surface area contributed by atoms with Crippen molar-refractivity contribution in [2.75, 3.05) is 31.4 Å². The molecule has 5 nitrogen and oxygen atoms in total. The predicted molar refractivity (Wildman–Crippen MR) is 74.6 cm³/mol. The molecular weight excluding hydrogens is 248 g/mol. The van der Waals surface area contributed by atoms with Crippen LogP contribution in [0.2, 0.25) is 0 Å². The summed E-state index contributed by atoms with van der Waals surface area (Å²) in [5, 5.41) is 3.36. The second kappa shape index (κ2) is 5.68. The van der Waals surface area contributed by atoms with E-state index in [0.717, 1.165) is 11.4 Å². The van der Waals surface area contributed by atoms with Gasteiger partial charge in [-0.25, -0.2) is 4.98 Å². The van der Waals surface area contributed by atoms with Crippen LogP contribution in [0.25, 0.3) is 0 Å². The van der Waals surface area contributed by atoms with Gasteiger partial charge in [-0.1, -0.05) is 0 Å². The molecule has 1 N–H and O–H groups in total. The minimum Gasteiger partial charge on any atom is -0.479 e. The molecule has 2 heterocycles. The highest BCUT2D eigenvalue weighted by molar-refractivity contribution is 7.09.